The van der Waals surface area contributed by atoms with E-state index in [1.165, 1.54) is 11.0 Å². The Balaban J connectivity index is 2.08. The fraction of sp³-hybridized carbons (Fsp3) is 0.636. The van der Waals surface area contributed by atoms with Crippen molar-refractivity contribution < 1.29 is 19.4 Å². The van der Waals surface area contributed by atoms with Crippen LogP contribution in [0.15, 0.2) is 12.7 Å². The Kier molecular flexibility index (Phi) is 2.61. The number of hydrogen-bond donors (Lipinski definition) is 1. The van der Waals surface area contributed by atoms with Crippen molar-refractivity contribution in [3.8, 4) is 0 Å². The van der Waals surface area contributed by atoms with E-state index in [2.05, 4.69) is 6.58 Å². The maximum atomic E-state index is 11.6. The van der Waals surface area contributed by atoms with Gasteiger partial charge in [-0.15, -0.1) is 0 Å². The minimum atomic E-state index is -0.976. The molecule has 16 heavy (non-hydrogen) atoms. The number of amides is 1. The molecule has 1 saturated heterocycles. The van der Waals surface area contributed by atoms with E-state index in [1.54, 1.807) is 0 Å². The molecule has 0 bridgehead atoms. The zero-order chi connectivity index (χ0) is 11.8. The zero-order valence-electron chi connectivity index (χ0n) is 9.02. The van der Waals surface area contributed by atoms with Gasteiger partial charge in [-0.1, -0.05) is 25.5 Å². The summed E-state index contributed by atoms with van der Waals surface area (Å²) in [5.74, 6) is -0.909. The van der Waals surface area contributed by atoms with Crippen LogP contribution in [0.1, 0.15) is 25.7 Å². The number of aliphatic carboxylic acids is 1. The number of nitrogens with zero attached hydrogens (tertiary/aromatic N) is 1. The Bertz CT molecular complexity index is 341. The molecule has 5 heteroatoms. The van der Waals surface area contributed by atoms with Gasteiger partial charge in [0, 0.05) is 0 Å². The number of carbonyl (C=O) groups is 2. The van der Waals surface area contributed by atoms with E-state index >= 15 is 0 Å². The largest absolute Gasteiger partial charge is 0.479 e. The standard InChI is InChI=1S/C11H15NO4/c1-2-7-16-10(15)12-8-5-3-4-6-11(8,12)9(13)14/h2,8H,1,3-7H2,(H,13,14). The predicted octanol–water partition coefficient (Wildman–Crippen LogP) is 1.39. The topological polar surface area (TPSA) is 66.6 Å². The fourth-order valence-corrected chi connectivity index (χ4v) is 2.62. The highest BCUT2D eigenvalue weighted by molar-refractivity contribution is 5.92. The molecule has 88 valence electrons. The molecular weight excluding hydrogens is 210 g/mol. The van der Waals surface area contributed by atoms with Gasteiger partial charge >= 0.3 is 12.1 Å². The molecule has 0 spiro atoms. The summed E-state index contributed by atoms with van der Waals surface area (Å²) < 4.78 is 4.89. The average molecular weight is 225 g/mol. The minimum Gasteiger partial charge on any atom is -0.479 e. The second-order valence-electron chi connectivity index (χ2n) is 4.23. The third kappa shape index (κ3) is 1.38. The minimum absolute atomic E-state index is 0.123. The molecule has 0 aromatic carbocycles. The second kappa shape index (κ2) is 3.81. The summed E-state index contributed by atoms with van der Waals surface area (Å²) in [7, 11) is 0. The van der Waals surface area contributed by atoms with Gasteiger partial charge in [-0.3, -0.25) is 4.90 Å². The number of fused-ring (bicyclic) bond motifs is 1. The molecule has 1 heterocycles. The van der Waals surface area contributed by atoms with Gasteiger partial charge in [-0.2, -0.15) is 0 Å². The Morgan fingerprint density at radius 2 is 2.31 bits per heavy atom. The summed E-state index contributed by atoms with van der Waals surface area (Å²) in [6.07, 6.45) is 4.07. The van der Waals surface area contributed by atoms with Gasteiger partial charge in [0.15, 0.2) is 5.54 Å². The summed E-state index contributed by atoms with van der Waals surface area (Å²) in [6.45, 7) is 3.57. The van der Waals surface area contributed by atoms with Crippen molar-refractivity contribution in [2.75, 3.05) is 6.61 Å². The van der Waals surface area contributed by atoms with Crippen molar-refractivity contribution in [2.24, 2.45) is 0 Å². The van der Waals surface area contributed by atoms with Crippen molar-refractivity contribution in [1.82, 2.24) is 4.90 Å². The quantitative estimate of drug-likeness (QED) is 0.582. The van der Waals surface area contributed by atoms with E-state index in [4.69, 9.17) is 4.74 Å². The highest BCUT2D eigenvalue weighted by Gasteiger charge is 2.71. The van der Waals surface area contributed by atoms with E-state index in [9.17, 15) is 14.7 Å². The molecule has 1 aliphatic carbocycles. The van der Waals surface area contributed by atoms with Crippen molar-refractivity contribution in [3.05, 3.63) is 12.7 Å². The first-order valence-corrected chi connectivity index (χ1v) is 5.45. The van der Waals surface area contributed by atoms with Crippen LogP contribution in [-0.4, -0.2) is 40.3 Å². The fourth-order valence-electron chi connectivity index (χ4n) is 2.62. The third-order valence-corrected chi connectivity index (χ3v) is 3.40. The molecule has 2 fully saturated rings. The summed E-state index contributed by atoms with van der Waals surface area (Å²) in [4.78, 5) is 24.2. The SMILES string of the molecule is C=CCOC(=O)N1C2CCCCC21C(=O)O. The average Bonchev–Trinajstić information content (AvgIpc) is 2.96. The van der Waals surface area contributed by atoms with Crippen LogP contribution >= 0.6 is 0 Å². The van der Waals surface area contributed by atoms with Crippen molar-refractivity contribution in [3.63, 3.8) is 0 Å². The van der Waals surface area contributed by atoms with Crippen LogP contribution in [0.3, 0.4) is 0 Å². The lowest BCUT2D eigenvalue weighted by Crippen LogP contribution is -2.33. The van der Waals surface area contributed by atoms with Crippen LogP contribution in [-0.2, 0) is 9.53 Å². The first kappa shape index (κ1) is 11.0. The Labute approximate surface area is 93.7 Å². The molecule has 0 radical (unpaired) electrons. The number of carboxylic acids is 1. The number of likely N-dealkylation sites (tertiary alicyclic amines) is 1. The molecule has 2 rings (SSSR count). The number of ether oxygens (including phenoxy) is 1. The highest BCUT2D eigenvalue weighted by atomic mass is 16.6. The summed E-state index contributed by atoms with van der Waals surface area (Å²) >= 11 is 0. The van der Waals surface area contributed by atoms with Crippen LogP contribution in [0.25, 0.3) is 0 Å². The van der Waals surface area contributed by atoms with Gasteiger partial charge in [0.25, 0.3) is 0 Å². The van der Waals surface area contributed by atoms with Crippen LogP contribution in [0, 0.1) is 0 Å². The van der Waals surface area contributed by atoms with Crippen LogP contribution in [0.5, 0.6) is 0 Å². The second-order valence-corrected chi connectivity index (χ2v) is 4.23. The Hall–Kier alpha value is -1.52. The van der Waals surface area contributed by atoms with E-state index in [-0.39, 0.29) is 12.6 Å². The van der Waals surface area contributed by atoms with Crippen molar-refractivity contribution in [2.45, 2.75) is 37.3 Å². The van der Waals surface area contributed by atoms with Gasteiger partial charge < -0.3 is 9.84 Å². The molecular formula is C11H15NO4. The maximum absolute atomic E-state index is 11.6. The molecule has 0 aromatic rings. The monoisotopic (exact) mass is 225 g/mol. The molecule has 0 aromatic heterocycles. The summed E-state index contributed by atoms with van der Waals surface area (Å²) in [6, 6.07) is -0.170. The summed E-state index contributed by atoms with van der Waals surface area (Å²) in [5, 5.41) is 9.21. The number of carbonyl (C=O) groups excluding carboxylic acids is 1. The lowest BCUT2D eigenvalue weighted by Gasteiger charge is -2.14. The first-order chi connectivity index (χ1) is 7.64. The number of hydrogen-bond acceptors (Lipinski definition) is 3. The molecule has 2 aliphatic rings. The van der Waals surface area contributed by atoms with Crippen LogP contribution in [0.2, 0.25) is 0 Å². The molecule has 1 N–H and O–H groups in total. The van der Waals surface area contributed by atoms with E-state index in [0.29, 0.717) is 6.42 Å². The van der Waals surface area contributed by atoms with E-state index < -0.39 is 17.6 Å². The van der Waals surface area contributed by atoms with Gasteiger partial charge in [-0.05, 0) is 12.8 Å². The zero-order valence-corrected chi connectivity index (χ0v) is 9.02. The maximum Gasteiger partial charge on any atom is 0.411 e. The lowest BCUT2D eigenvalue weighted by atomic mass is 9.89. The molecule has 2 atom stereocenters. The van der Waals surface area contributed by atoms with E-state index in [1.807, 2.05) is 0 Å². The first-order valence-electron chi connectivity index (χ1n) is 5.45. The summed E-state index contributed by atoms with van der Waals surface area (Å²) in [5.41, 5.74) is -0.976. The normalized spacial score (nSPS) is 31.5. The van der Waals surface area contributed by atoms with Crippen molar-refractivity contribution >= 4 is 12.1 Å². The highest BCUT2D eigenvalue weighted by Crippen LogP contribution is 2.51. The Morgan fingerprint density at radius 3 is 2.88 bits per heavy atom. The van der Waals surface area contributed by atoms with Gasteiger partial charge in [-0.25, -0.2) is 9.59 Å². The lowest BCUT2D eigenvalue weighted by molar-refractivity contribution is -0.141. The smallest absolute Gasteiger partial charge is 0.411 e. The molecule has 1 aliphatic heterocycles. The van der Waals surface area contributed by atoms with E-state index in [0.717, 1.165) is 19.3 Å². The third-order valence-electron chi connectivity index (χ3n) is 3.40. The number of rotatable bonds is 3. The predicted molar refractivity (Wildman–Crippen MR) is 56.0 cm³/mol. The molecule has 5 nitrogen and oxygen atoms in total. The van der Waals surface area contributed by atoms with Gasteiger partial charge in [0.2, 0.25) is 0 Å². The van der Waals surface area contributed by atoms with Gasteiger partial charge in [0.1, 0.15) is 6.61 Å². The van der Waals surface area contributed by atoms with Crippen molar-refractivity contribution in [1.29, 1.82) is 0 Å². The number of carboxylic acid groups (broad SMARTS) is 1. The van der Waals surface area contributed by atoms with Crippen LogP contribution in [0.4, 0.5) is 4.79 Å². The Morgan fingerprint density at radius 1 is 1.56 bits per heavy atom. The van der Waals surface area contributed by atoms with Crippen LogP contribution < -0.4 is 0 Å². The molecule has 2 unspecified atom stereocenters. The molecule has 1 saturated carbocycles. The van der Waals surface area contributed by atoms with Gasteiger partial charge in [0.05, 0.1) is 6.04 Å². The molecule has 1 amide bonds.